The summed E-state index contributed by atoms with van der Waals surface area (Å²) in [5.74, 6) is 1.82. The summed E-state index contributed by atoms with van der Waals surface area (Å²) in [7, 11) is 0. The highest BCUT2D eigenvalue weighted by atomic mass is 32.1. The number of fused-ring (bicyclic) bond motifs is 1. The minimum atomic E-state index is -0.542. The first kappa shape index (κ1) is 23.7. The Balaban J connectivity index is 1.15. The Morgan fingerprint density at radius 2 is 1.86 bits per heavy atom. The summed E-state index contributed by atoms with van der Waals surface area (Å²) in [5, 5.41) is 17.3. The van der Waals surface area contributed by atoms with Crippen molar-refractivity contribution in [2.45, 2.75) is 38.3 Å². The Hall–Kier alpha value is -3.00. The molecule has 1 atom stereocenters. The number of aliphatic hydroxyl groups is 1. The molecule has 1 fully saturated rings. The number of rotatable bonds is 9. The van der Waals surface area contributed by atoms with Crippen molar-refractivity contribution < 1.29 is 9.84 Å². The Labute approximate surface area is 210 Å². The summed E-state index contributed by atoms with van der Waals surface area (Å²) in [6.45, 7) is 4.79. The Kier molecular flexibility index (Phi) is 7.57. The molecule has 0 bridgehead atoms. The molecule has 1 unspecified atom stereocenters. The number of aliphatic hydroxyl groups excluding tert-OH is 1. The highest BCUT2D eigenvalue weighted by Gasteiger charge is 2.24. The first-order chi connectivity index (χ1) is 17.2. The third-order valence-electron chi connectivity index (χ3n) is 6.65. The lowest BCUT2D eigenvalue weighted by molar-refractivity contribution is 0.102. The number of nitrogens with zero attached hydrogens (tertiary/aromatic N) is 3. The fraction of sp³-hybridized carbons (Fsp3) is 0.357. The summed E-state index contributed by atoms with van der Waals surface area (Å²) >= 11 is 1.67. The van der Waals surface area contributed by atoms with Crippen LogP contribution in [0, 0.1) is 0 Å². The lowest BCUT2D eigenvalue weighted by Gasteiger charge is -2.34. The fourth-order valence-corrected chi connectivity index (χ4v) is 5.51. The number of ether oxygens (including phenoxy) is 1. The molecule has 2 N–H and O–H groups in total. The van der Waals surface area contributed by atoms with Crippen LogP contribution in [0.1, 0.15) is 25.3 Å². The van der Waals surface area contributed by atoms with Gasteiger partial charge in [0.2, 0.25) is 0 Å². The number of benzene rings is 2. The molecule has 0 aliphatic carbocycles. The van der Waals surface area contributed by atoms with Gasteiger partial charge in [0.15, 0.2) is 0 Å². The molecule has 0 spiro atoms. The second-order valence-corrected chi connectivity index (χ2v) is 9.88. The molecule has 1 aliphatic heterocycles. The van der Waals surface area contributed by atoms with E-state index in [-0.39, 0.29) is 6.61 Å². The van der Waals surface area contributed by atoms with Crippen molar-refractivity contribution in [3.8, 4) is 16.9 Å². The quantitative estimate of drug-likeness (QED) is 0.349. The normalized spacial score (nSPS) is 15.4. The average molecular weight is 489 g/mol. The number of anilines is 1. The van der Waals surface area contributed by atoms with Crippen molar-refractivity contribution in [1.29, 1.82) is 0 Å². The maximum Gasteiger partial charge on any atom is 0.141 e. The molecule has 0 radical (unpaired) electrons. The van der Waals surface area contributed by atoms with E-state index >= 15 is 0 Å². The van der Waals surface area contributed by atoms with Gasteiger partial charge in [-0.15, -0.1) is 11.3 Å². The SMILES string of the molecule is CCc1ccc(OCC(O)CNC2CCN(c3ncnc4scc(-c5ccccc5)c34)CC2)cc1. The van der Waals surface area contributed by atoms with Gasteiger partial charge in [-0.2, -0.15) is 0 Å². The smallest absolute Gasteiger partial charge is 0.141 e. The molecule has 182 valence electrons. The highest BCUT2D eigenvalue weighted by molar-refractivity contribution is 7.17. The molecule has 0 amide bonds. The zero-order valence-corrected chi connectivity index (χ0v) is 20.9. The summed E-state index contributed by atoms with van der Waals surface area (Å²) in [5.41, 5.74) is 3.68. The largest absolute Gasteiger partial charge is 0.491 e. The van der Waals surface area contributed by atoms with Crippen LogP contribution in [0.4, 0.5) is 5.82 Å². The van der Waals surface area contributed by atoms with Crippen molar-refractivity contribution in [1.82, 2.24) is 15.3 Å². The molecule has 6 nitrogen and oxygen atoms in total. The molecular weight excluding hydrogens is 456 g/mol. The zero-order valence-electron chi connectivity index (χ0n) is 20.1. The summed E-state index contributed by atoms with van der Waals surface area (Å²) < 4.78 is 5.75. The number of hydrogen-bond donors (Lipinski definition) is 2. The van der Waals surface area contributed by atoms with Crippen LogP contribution in [0.15, 0.2) is 66.3 Å². The molecule has 1 aliphatic rings. The second kappa shape index (κ2) is 11.2. The monoisotopic (exact) mass is 488 g/mol. The first-order valence-corrected chi connectivity index (χ1v) is 13.2. The van der Waals surface area contributed by atoms with E-state index in [1.807, 2.05) is 18.2 Å². The van der Waals surface area contributed by atoms with Gasteiger partial charge in [-0.1, -0.05) is 49.4 Å². The standard InChI is InChI=1S/C28H32N4O2S/c1-2-20-8-10-24(11-9-20)34-17-23(33)16-29-22-12-14-32(15-13-22)27-26-25(21-6-4-3-5-7-21)18-35-28(26)31-19-30-27/h3-11,18-19,22-23,29,33H,2,12-17H2,1H3. The predicted octanol–water partition coefficient (Wildman–Crippen LogP) is 4.92. The van der Waals surface area contributed by atoms with E-state index in [9.17, 15) is 5.11 Å². The predicted molar refractivity (Wildman–Crippen MR) is 143 cm³/mol. The van der Waals surface area contributed by atoms with E-state index in [2.05, 4.69) is 63.9 Å². The van der Waals surface area contributed by atoms with Crippen LogP contribution >= 0.6 is 11.3 Å². The Morgan fingerprint density at radius 3 is 2.60 bits per heavy atom. The van der Waals surface area contributed by atoms with Gasteiger partial charge in [-0.3, -0.25) is 0 Å². The van der Waals surface area contributed by atoms with E-state index in [0.29, 0.717) is 12.6 Å². The molecule has 5 rings (SSSR count). The van der Waals surface area contributed by atoms with Crippen LogP contribution in [-0.2, 0) is 6.42 Å². The Morgan fingerprint density at radius 1 is 1.09 bits per heavy atom. The molecule has 1 saturated heterocycles. The maximum atomic E-state index is 10.4. The lowest BCUT2D eigenvalue weighted by atomic mass is 10.0. The van der Waals surface area contributed by atoms with Gasteiger partial charge in [-0.05, 0) is 42.5 Å². The fourth-order valence-electron chi connectivity index (χ4n) is 4.60. The third-order valence-corrected chi connectivity index (χ3v) is 7.53. The summed E-state index contributed by atoms with van der Waals surface area (Å²) in [4.78, 5) is 12.6. The second-order valence-electron chi connectivity index (χ2n) is 9.02. The van der Waals surface area contributed by atoms with Gasteiger partial charge in [0.05, 0.1) is 5.39 Å². The molecule has 2 aromatic carbocycles. The molecule has 3 heterocycles. The van der Waals surface area contributed by atoms with Crippen molar-refractivity contribution in [2.75, 3.05) is 31.1 Å². The number of piperidine rings is 1. The zero-order chi connectivity index (χ0) is 24.0. The average Bonchev–Trinajstić information content (AvgIpc) is 3.36. The van der Waals surface area contributed by atoms with E-state index in [4.69, 9.17) is 9.72 Å². The minimum Gasteiger partial charge on any atom is -0.491 e. The number of aromatic nitrogens is 2. The molecule has 4 aromatic rings. The van der Waals surface area contributed by atoms with Crippen LogP contribution in [0.25, 0.3) is 21.3 Å². The van der Waals surface area contributed by atoms with E-state index < -0.39 is 6.10 Å². The highest BCUT2D eigenvalue weighted by Crippen LogP contribution is 2.38. The van der Waals surface area contributed by atoms with E-state index in [0.717, 1.165) is 54.1 Å². The van der Waals surface area contributed by atoms with Crippen molar-refractivity contribution >= 4 is 27.4 Å². The molecule has 0 saturated carbocycles. The third kappa shape index (κ3) is 5.64. The van der Waals surface area contributed by atoms with Gasteiger partial charge in [0.25, 0.3) is 0 Å². The van der Waals surface area contributed by atoms with Gasteiger partial charge in [0.1, 0.15) is 35.4 Å². The Bertz CT molecular complexity index is 1220. The van der Waals surface area contributed by atoms with Crippen molar-refractivity contribution in [3.05, 3.63) is 71.9 Å². The van der Waals surface area contributed by atoms with Crippen LogP contribution in [0.2, 0.25) is 0 Å². The molecular formula is C28H32N4O2S. The van der Waals surface area contributed by atoms with E-state index in [1.165, 1.54) is 16.7 Å². The number of thiophene rings is 1. The van der Waals surface area contributed by atoms with Crippen LogP contribution in [-0.4, -0.2) is 53.5 Å². The molecule has 7 heteroatoms. The number of hydrogen-bond acceptors (Lipinski definition) is 7. The summed E-state index contributed by atoms with van der Waals surface area (Å²) in [6, 6.07) is 18.9. The van der Waals surface area contributed by atoms with Crippen molar-refractivity contribution in [3.63, 3.8) is 0 Å². The van der Waals surface area contributed by atoms with Gasteiger partial charge in [0, 0.05) is 36.6 Å². The van der Waals surface area contributed by atoms with Crippen molar-refractivity contribution in [2.24, 2.45) is 0 Å². The summed E-state index contributed by atoms with van der Waals surface area (Å²) in [6.07, 6.45) is 4.15. The van der Waals surface area contributed by atoms with Gasteiger partial charge < -0.3 is 20.1 Å². The molecule has 2 aromatic heterocycles. The van der Waals surface area contributed by atoms with Crippen LogP contribution < -0.4 is 15.0 Å². The minimum absolute atomic E-state index is 0.288. The van der Waals surface area contributed by atoms with Gasteiger partial charge >= 0.3 is 0 Å². The number of aryl methyl sites for hydroxylation is 1. The van der Waals surface area contributed by atoms with Crippen LogP contribution in [0.3, 0.4) is 0 Å². The maximum absolute atomic E-state index is 10.4. The molecule has 35 heavy (non-hydrogen) atoms. The van der Waals surface area contributed by atoms with E-state index in [1.54, 1.807) is 17.7 Å². The van der Waals surface area contributed by atoms with Gasteiger partial charge in [-0.25, -0.2) is 9.97 Å². The van der Waals surface area contributed by atoms with Crippen LogP contribution in [0.5, 0.6) is 5.75 Å². The first-order valence-electron chi connectivity index (χ1n) is 12.4. The number of nitrogens with one attached hydrogen (secondary N) is 1. The lowest BCUT2D eigenvalue weighted by Crippen LogP contribution is -2.45. The topological polar surface area (TPSA) is 70.5 Å².